The molecule has 0 spiro atoms. The Kier molecular flexibility index (Phi) is 10.4. The largest absolute Gasteiger partial charge is 0.507 e. The summed E-state index contributed by atoms with van der Waals surface area (Å²) in [6, 6.07) is 17.1. The van der Waals surface area contributed by atoms with Gasteiger partial charge in [0.25, 0.3) is 5.78 Å². The van der Waals surface area contributed by atoms with Gasteiger partial charge in [0.15, 0.2) is 15.8 Å². The van der Waals surface area contributed by atoms with Crippen molar-refractivity contribution in [2.24, 2.45) is 0 Å². The number of ketones is 1. The number of methoxy groups -OCH3 is 2. The fourth-order valence-corrected chi connectivity index (χ4v) is 6.72. The maximum atomic E-state index is 14.2. The van der Waals surface area contributed by atoms with Crippen LogP contribution in [0.4, 0.5) is 9.52 Å². The molecule has 0 aliphatic carbocycles. The Hall–Kier alpha value is -4.42. The first-order valence-corrected chi connectivity index (χ1v) is 16.1. The lowest BCUT2D eigenvalue weighted by molar-refractivity contribution is -0.132. The Balaban J connectivity index is 1.54. The minimum Gasteiger partial charge on any atom is -0.507 e. The van der Waals surface area contributed by atoms with Gasteiger partial charge in [-0.2, -0.15) is 0 Å². The van der Waals surface area contributed by atoms with Crippen LogP contribution in [0.2, 0.25) is 0 Å². The van der Waals surface area contributed by atoms with Crippen molar-refractivity contribution in [3.63, 3.8) is 0 Å². The Morgan fingerprint density at radius 2 is 1.78 bits per heavy atom. The van der Waals surface area contributed by atoms with E-state index in [1.165, 1.54) is 36.9 Å². The number of benzene rings is 3. The number of rotatable bonds is 13. The standard InChI is InChI=1S/C33H32FN3O6S2/c1-4-5-8-17-43-25-16-13-21(18-26(25)42-3)28-27(29(38)20-11-14-23(41-2)15-12-20)30(39)31(40)37(28)32-35-36-33(45-32)44-19-22-9-6-7-10-24(22)34/h6-7,9-16,18,28,38H,4-5,8,17,19H2,1-3H3/b29-27-. The molecule has 1 aromatic heterocycles. The molecule has 1 amide bonds. The van der Waals surface area contributed by atoms with Gasteiger partial charge in [0.2, 0.25) is 5.13 Å². The van der Waals surface area contributed by atoms with E-state index in [1.807, 2.05) is 0 Å². The molecule has 9 nitrogen and oxygen atoms in total. The summed E-state index contributed by atoms with van der Waals surface area (Å²) in [5.74, 6) is -0.607. The van der Waals surface area contributed by atoms with Crippen LogP contribution >= 0.6 is 23.1 Å². The fraction of sp³-hybridized carbons (Fsp3) is 0.273. The summed E-state index contributed by atoms with van der Waals surface area (Å²) in [4.78, 5) is 28.5. The summed E-state index contributed by atoms with van der Waals surface area (Å²) in [7, 11) is 3.03. The number of carbonyl (C=O) groups excluding carboxylic acids is 2. The summed E-state index contributed by atoms with van der Waals surface area (Å²) in [6.45, 7) is 2.62. The first-order valence-electron chi connectivity index (χ1n) is 14.3. The number of nitrogens with zero attached hydrogens (tertiary/aromatic N) is 3. The van der Waals surface area contributed by atoms with Crippen LogP contribution in [0.1, 0.15) is 48.9 Å². The number of aliphatic hydroxyl groups is 1. The molecule has 234 valence electrons. The molecule has 0 saturated carbocycles. The highest BCUT2D eigenvalue weighted by Gasteiger charge is 2.48. The van der Waals surface area contributed by atoms with E-state index in [4.69, 9.17) is 14.2 Å². The van der Waals surface area contributed by atoms with Crippen molar-refractivity contribution in [1.82, 2.24) is 10.2 Å². The normalized spacial score (nSPS) is 15.8. The molecule has 1 saturated heterocycles. The number of hydrogen-bond acceptors (Lipinski definition) is 10. The molecule has 12 heteroatoms. The van der Waals surface area contributed by atoms with Crippen molar-refractivity contribution in [2.45, 2.75) is 42.3 Å². The third kappa shape index (κ3) is 6.97. The highest BCUT2D eigenvalue weighted by molar-refractivity contribution is 8.00. The molecule has 1 aliphatic rings. The number of hydrogen-bond donors (Lipinski definition) is 1. The fourth-order valence-electron chi connectivity index (χ4n) is 4.87. The van der Waals surface area contributed by atoms with E-state index in [-0.39, 0.29) is 22.3 Å². The van der Waals surface area contributed by atoms with Crippen LogP contribution in [0.3, 0.4) is 0 Å². The number of unbranched alkanes of at least 4 members (excludes halogenated alkanes) is 2. The third-order valence-corrected chi connectivity index (χ3v) is 9.33. The predicted octanol–water partition coefficient (Wildman–Crippen LogP) is 7.18. The topological polar surface area (TPSA) is 111 Å². The number of amides is 1. The van der Waals surface area contributed by atoms with Crippen molar-refractivity contribution in [3.8, 4) is 17.2 Å². The van der Waals surface area contributed by atoms with Crippen molar-refractivity contribution in [2.75, 3.05) is 25.7 Å². The minimum absolute atomic E-state index is 0.111. The Morgan fingerprint density at radius 3 is 2.49 bits per heavy atom. The first-order chi connectivity index (χ1) is 21.9. The molecule has 1 atom stereocenters. The van der Waals surface area contributed by atoms with Crippen LogP contribution in [-0.4, -0.2) is 47.8 Å². The maximum absolute atomic E-state index is 14.2. The van der Waals surface area contributed by atoms with Crippen LogP contribution in [0, 0.1) is 5.82 Å². The van der Waals surface area contributed by atoms with Gasteiger partial charge in [0, 0.05) is 11.3 Å². The zero-order valence-corrected chi connectivity index (χ0v) is 26.6. The molecule has 5 rings (SSSR count). The van der Waals surface area contributed by atoms with Crippen LogP contribution in [0.25, 0.3) is 5.76 Å². The summed E-state index contributed by atoms with van der Waals surface area (Å²) in [5, 5.41) is 20.1. The molecule has 1 N–H and O–H groups in total. The van der Waals surface area contributed by atoms with Gasteiger partial charge in [0.05, 0.1) is 32.4 Å². The predicted molar refractivity (Wildman–Crippen MR) is 172 cm³/mol. The van der Waals surface area contributed by atoms with E-state index in [9.17, 15) is 19.1 Å². The van der Waals surface area contributed by atoms with Gasteiger partial charge in [0.1, 0.15) is 17.3 Å². The van der Waals surface area contributed by atoms with Gasteiger partial charge in [-0.05, 0) is 60.0 Å². The molecule has 2 heterocycles. The lowest BCUT2D eigenvalue weighted by atomic mass is 9.95. The number of anilines is 1. The number of halogens is 1. The number of Topliss-reactive ketones (excluding diaryl/α,β-unsaturated/α-hetero) is 1. The lowest BCUT2D eigenvalue weighted by Crippen LogP contribution is -2.29. The second kappa shape index (κ2) is 14.6. The van der Waals surface area contributed by atoms with E-state index in [1.54, 1.807) is 60.7 Å². The second-order valence-corrected chi connectivity index (χ2v) is 12.3. The van der Waals surface area contributed by atoms with Crippen LogP contribution < -0.4 is 19.1 Å². The lowest BCUT2D eigenvalue weighted by Gasteiger charge is -2.23. The third-order valence-electron chi connectivity index (χ3n) is 7.23. The Labute approximate surface area is 268 Å². The number of thioether (sulfide) groups is 1. The number of aliphatic hydroxyl groups excluding tert-OH is 1. The van der Waals surface area contributed by atoms with Crippen LogP contribution in [-0.2, 0) is 15.3 Å². The van der Waals surface area contributed by atoms with E-state index >= 15 is 0 Å². The zero-order chi connectivity index (χ0) is 31.9. The maximum Gasteiger partial charge on any atom is 0.301 e. The van der Waals surface area contributed by atoms with Gasteiger partial charge in [-0.15, -0.1) is 10.2 Å². The van der Waals surface area contributed by atoms with Gasteiger partial charge in [-0.25, -0.2) is 4.39 Å². The minimum atomic E-state index is -1.05. The number of aromatic nitrogens is 2. The summed E-state index contributed by atoms with van der Waals surface area (Å²) in [5.41, 5.74) is 1.22. The number of ether oxygens (including phenoxy) is 3. The SMILES string of the molecule is CCCCCOc1ccc(C2/C(=C(/O)c3ccc(OC)cc3)C(=O)C(=O)N2c2nnc(SCc3ccccc3F)s2)cc1OC. The van der Waals surface area contributed by atoms with Crippen molar-refractivity contribution in [1.29, 1.82) is 0 Å². The molecular weight excluding hydrogens is 618 g/mol. The van der Waals surface area contributed by atoms with E-state index in [0.29, 0.717) is 50.6 Å². The highest BCUT2D eigenvalue weighted by atomic mass is 32.2. The van der Waals surface area contributed by atoms with Crippen molar-refractivity contribution < 1.29 is 33.3 Å². The Bertz CT molecular complexity index is 1710. The molecule has 1 unspecified atom stereocenters. The molecule has 1 aliphatic heterocycles. The number of carbonyl (C=O) groups is 2. The summed E-state index contributed by atoms with van der Waals surface area (Å²) < 4.78 is 31.5. The quantitative estimate of drug-likeness (QED) is 0.0402. The second-order valence-electron chi connectivity index (χ2n) is 10.1. The molecule has 45 heavy (non-hydrogen) atoms. The highest BCUT2D eigenvalue weighted by Crippen LogP contribution is 2.45. The monoisotopic (exact) mass is 649 g/mol. The molecule has 0 radical (unpaired) electrons. The molecule has 4 aromatic rings. The zero-order valence-electron chi connectivity index (χ0n) is 25.0. The smallest absolute Gasteiger partial charge is 0.301 e. The average molecular weight is 650 g/mol. The molecule has 1 fully saturated rings. The van der Waals surface area contributed by atoms with Gasteiger partial charge >= 0.3 is 5.91 Å². The van der Waals surface area contributed by atoms with Crippen molar-refractivity contribution in [3.05, 3.63) is 94.8 Å². The van der Waals surface area contributed by atoms with Gasteiger partial charge in [-0.1, -0.05) is 67.1 Å². The Morgan fingerprint density at radius 1 is 1.00 bits per heavy atom. The van der Waals surface area contributed by atoms with E-state index in [0.717, 1.165) is 30.6 Å². The first kappa shape index (κ1) is 32.0. The molecule has 3 aromatic carbocycles. The van der Waals surface area contributed by atoms with Gasteiger partial charge in [-0.3, -0.25) is 14.5 Å². The van der Waals surface area contributed by atoms with Gasteiger partial charge < -0.3 is 19.3 Å². The average Bonchev–Trinajstić information content (AvgIpc) is 3.64. The van der Waals surface area contributed by atoms with Crippen LogP contribution in [0.15, 0.2) is 76.6 Å². The molecular formula is C33H32FN3O6S2. The molecule has 0 bridgehead atoms. The van der Waals surface area contributed by atoms with E-state index in [2.05, 4.69) is 17.1 Å². The van der Waals surface area contributed by atoms with Crippen molar-refractivity contribution >= 4 is 45.7 Å². The van der Waals surface area contributed by atoms with E-state index < -0.39 is 17.7 Å². The summed E-state index contributed by atoms with van der Waals surface area (Å²) >= 11 is 2.36. The van der Waals surface area contributed by atoms with Crippen LogP contribution in [0.5, 0.6) is 17.2 Å². The summed E-state index contributed by atoms with van der Waals surface area (Å²) in [6.07, 6.45) is 2.97.